The van der Waals surface area contributed by atoms with Gasteiger partial charge in [0.05, 0.1) is 11.4 Å². The number of ether oxygens (including phenoxy) is 1. The van der Waals surface area contributed by atoms with Crippen LogP contribution in [0.15, 0.2) is 24.5 Å². The molecule has 3 N–H and O–H groups in total. The zero-order valence-electron chi connectivity index (χ0n) is 17.6. The zero-order valence-corrected chi connectivity index (χ0v) is 17.6. The molecule has 1 aromatic carbocycles. The van der Waals surface area contributed by atoms with E-state index in [9.17, 15) is 13.6 Å². The highest BCUT2D eigenvalue weighted by Gasteiger charge is 2.24. The molecule has 1 aliphatic heterocycles. The van der Waals surface area contributed by atoms with Crippen molar-refractivity contribution in [2.24, 2.45) is 5.92 Å². The fourth-order valence-electron chi connectivity index (χ4n) is 3.22. The van der Waals surface area contributed by atoms with Crippen molar-refractivity contribution in [3.63, 3.8) is 0 Å². The Labute approximate surface area is 179 Å². The van der Waals surface area contributed by atoms with Gasteiger partial charge in [0.25, 0.3) is 0 Å². The predicted octanol–water partition coefficient (Wildman–Crippen LogP) is 4.48. The molecule has 0 spiro atoms. The average molecular weight is 435 g/mol. The minimum absolute atomic E-state index is 0.0497. The number of amides is 1. The van der Waals surface area contributed by atoms with E-state index in [1.807, 2.05) is 0 Å². The Bertz CT molecular complexity index is 905. The maximum atomic E-state index is 14.5. The van der Waals surface area contributed by atoms with E-state index in [1.54, 1.807) is 0 Å². The zero-order chi connectivity index (χ0) is 22.4. The topological polar surface area (TPSA) is 99.6 Å². The minimum atomic E-state index is -0.942. The molecule has 168 valence electrons. The quantitative estimate of drug-likeness (QED) is 0.562. The molecule has 0 radical (unpaired) electrons. The van der Waals surface area contributed by atoms with Crippen LogP contribution in [0.4, 0.5) is 30.8 Å². The van der Waals surface area contributed by atoms with Crippen molar-refractivity contribution >= 4 is 23.3 Å². The van der Waals surface area contributed by atoms with E-state index in [4.69, 9.17) is 9.84 Å². The number of nitrogens with zero attached hydrogens (tertiary/aromatic N) is 3. The number of hydrogen-bond acceptors (Lipinski definition) is 6. The van der Waals surface area contributed by atoms with Crippen LogP contribution < -0.4 is 15.4 Å². The van der Waals surface area contributed by atoms with Gasteiger partial charge < -0.3 is 25.4 Å². The molecule has 10 heteroatoms. The van der Waals surface area contributed by atoms with Crippen LogP contribution in [0.2, 0.25) is 0 Å². The summed E-state index contributed by atoms with van der Waals surface area (Å²) in [5, 5.41) is 14.7. The summed E-state index contributed by atoms with van der Waals surface area (Å²) in [5.41, 5.74) is 0.0643. The average Bonchev–Trinajstić information content (AvgIpc) is 2.72. The molecular formula is C21H27F2N5O3. The van der Waals surface area contributed by atoms with Gasteiger partial charge in [-0.05, 0) is 12.3 Å². The minimum Gasteiger partial charge on any atom is -0.474 e. The second-order valence-electron chi connectivity index (χ2n) is 7.87. The van der Waals surface area contributed by atoms with Crippen LogP contribution in [0.5, 0.6) is 5.88 Å². The number of halogens is 2. The van der Waals surface area contributed by atoms with Gasteiger partial charge in [-0.2, -0.15) is 0 Å². The number of likely N-dealkylation sites (tertiary alicyclic amines) is 1. The van der Waals surface area contributed by atoms with Gasteiger partial charge in [-0.15, -0.1) is 0 Å². The largest absolute Gasteiger partial charge is 0.474 e. The fourth-order valence-corrected chi connectivity index (χ4v) is 3.22. The molecule has 3 rings (SSSR count). The van der Waals surface area contributed by atoms with Crippen molar-refractivity contribution in [2.45, 2.75) is 39.2 Å². The number of anilines is 3. The SMILES string of the molecule is CC(C)CCNc1cc(F)c(Nc2cc(OC3CCN(C(=O)O)CC3)ncn2)cc1F. The Morgan fingerprint density at radius 2 is 1.87 bits per heavy atom. The summed E-state index contributed by atoms with van der Waals surface area (Å²) in [4.78, 5) is 20.4. The number of rotatable bonds is 8. The van der Waals surface area contributed by atoms with Crippen LogP contribution >= 0.6 is 0 Å². The van der Waals surface area contributed by atoms with E-state index in [-0.39, 0.29) is 29.2 Å². The van der Waals surface area contributed by atoms with Crippen molar-refractivity contribution in [1.29, 1.82) is 0 Å². The van der Waals surface area contributed by atoms with Crippen LogP contribution in [0.25, 0.3) is 0 Å². The molecule has 1 amide bonds. The van der Waals surface area contributed by atoms with E-state index in [0.29, 0.717) is 38.4 Å². The maximum absolute atomic E-state index is 14.5. The molecule has 1 fully saturated rings. The van der Waals surface area contributed by atoms with Crippen molar-refractivity contribution in [2.75, 3.05) is 30.3 Å². The van der Waals surface area contributed by atoms with Crippen LogP contribution in [-0.4, -0.2) is 51.8 Å². The number of carbonyl (C=O) groups is 1. The molecule has 0 saturated carbocycles. The van der Waals surface area contributed by atoms with Gasteiger partial charge in [-0.3, -0.25) is 0 Å². The molecule has 1 aromatic heterocycles. The number of nitrogens with one attached hydrogen (secondary N) is 2. The molecule has 0 atom stereocenters. The lowest BCUT2D eigenvalue weighted by atomic mass is 10.1. The van der Waals surface area contributed by atoms with Gasteiger partial charge >= 0.3 is 6.09 Å². The highest BCUT2D eigenvalue weighted by Crippen LogP contribution is 2.27. The van der Waals surface area contributed by atoms with Crippen molar-refractivity contribution < 1.29 is 23.4 Å². The second-order valence-corrected chi connectivity index (χ2v) is 7.87. The molecule has 0 unspecified atom stereocenters. The van der Waals surface area contributed by atoms with Crippen molar-refractivity contribution in [3.05, 3.63) is 36.2 Å². The monoisotopic (exact) mass is 435 g/mol. The summed E-state index contributed by atoms with van der Waals surface area (Å²) in [5.74, 6) is -0.190. The molecule has 31 heavy (non-hydrogen) atoms. The normalized spacial score (nSPS) is 14.5. The van der Waals surface area contributed by atoms with Gasteiger partial charge in [0, 0.05) is 50.7 Å². The first-order chi connectivity index (χ1) is 14.8. The molecular weight excluding hydrogens is 408 g/mol. The number of benzene rings is 1. The fraction of sp³-hybridized carbons (Fsp3) is 0.476. The van der Waals surface area contributed by atoms with Crippen molar-refractivity contribution in [1.82, 2.24) is 14.9 Å². The van der Waals surface area contributed by atoms with Crippen LogP contribution in [0.1, 0.15) is 33.1 Å². The highest BCUT2D eigenvalue weighted by molar-refractivity contribution is 5.65. The summed E-state index contributed by atoms with van der Waals surface area (Å²) in [6.45, 7) is 5.45. The van der Waals surface area contributed by atoms with Gasteiger partial charge in [0.1, 0.15) is 29.9 Å². The molecule has 8 nitrogen and oxygen atoms in total. The van der Waals surface area contributed by atoms with Crippen LogP contribution in [-0.2, 0) is 0 Å². The summed E-state index contributed by atoms with van der Waals surface area (Å²) >= 11 is 0. The van der Waals surface area contributed by atoms with Gasteiger partial charge in [0.2, 0.25) is 5.88 Å². The first kappa shape index (κ1) is 22.5. The summed E-state index contributed by atoms with van der Waals surface area (Å²) in [7, 11) is 0. The Hall–Kier alpha value is -3.17. The number of aromatic nitrogens is 2. The third kappa shape index (κ3) is 6.40. The highest BCUT2D eigenvalue weighted by atomic mass is 19.1. The van der Waals surface area contributed by atoms with Gasteiger partial charge in [0.15, 0.2) is 0 Å². The lowest BCUT2D eigenvalue weighted by molar-refractivity contribution is 0.0870. The van der Waals surface area contributed by atoms with Gasteiger partial charge in [-0.25, -0.2) is 23.5 Å². The first-order valence-corrected chi connectivity index (χ1v) is 10.3. The van der Waals surface area contributed by atoms with E-state index in [2.05, 4.69) is 34.4 Å². The first-order valence-electron chi connectivity index (χ1n) is 10.3. The molecule has 0 bridgehead atoms. The second kappa shape index (κ2) is 10.2. The molecule has 2 heterocycles. The molecule has 2 aromatic rings. The number of hydrogen-bond donors (Lipinski definition) is 3. The van der Waals surface area contributed by atoms with Crippen LogP contribution in [0.3, 0.4) is 0 Å². The summed E-state index contributed by atoms with van der Waals surface area (Å²) in [6.07, 6.45) is 2.08. The predicted molar refractivity (Wildman–Crippen MR) is 113 cm³/mol. The maximum Gasteiger partial charge on any atom is 0.407 e. The molecule has 0 aliphatic carbocycles. The third-order valence-electron chi connectivity index (χ3n) is 5.00. The van der Waals surface area contributed by atoms with Crippen LogP contribution in [0, 0.1) is 17.6 Å². The third-order valence-corrected chi connectivity index (χ3v) is 5.00. The lowest BCUT2D eigenvalue weighted by Crippen LogP contribution is -2.41. The number of piperidine rings is 1. The number of carboxylic acid groups (broad SMARTS) is 1. The summed E-state index contributed by atoms with van der Waals surface area (Å²) in [6, 6.07) is 3.69. The Kier molecular flexibility index (Phi) is 7.43. The van der Waals surface area contributed by atoms with Crippen molar-refractivity contribution in [3.8, 4) is 5.88 Å². The molecule has 1 aliphatic rings. The summed E-state index contributed by atoms with van der Waals surface area (Å²) < 4.78 is 34.7. The smallest absolute Gasteiger partial charge is 0.407 e. The standard InChI is InChI=1S/C21H27F2N5O3/c1-13(2)3-6-24-17-9-16(23)18(10-15(17)22)27-19-11-20(26-12-25-19)31-14-4-7-28(8-5-14)21(29)30/h9-14,24H,3-8H2,1-2H3,(H,29,30)(H,25,26,27). The lowest BCUT2D eigenvalue weighted by Gasteiger charge is -2.29. The Morgan fingerprint density at radius 3 is 2.55 bits per heavy atom. The Morgan fingerprint density at radius 1 is 1.19 bits per heavy atom. The van der Waals surface area contributed by atoms with E-state index >= 15 is 0 Å². The van der Waals surface area contributed by atoms with Gasteiger partial charge in [-0.1, -0.05) is 13.8 Å². The van der Waals surface area contributed by atoms with E-state index in [1.165, 1.54) is 17.3 Å². The Balaban J connectivity index is 1.61. The molecule has 1 saturated heterocycles. The van der Waals surface area contributed by atoms with E-state index < -0.39 is 17.7 Å². The van der Waals surface area contributed by atoms with E-state index in [0.717, 1.165) is 18.6 Å².